The molecule has 0 unspecified atom stereocenters. The zero-order valence-electron chi connectivity index (χ0n) is 17.1. The Bertz CT molecular complexity index is 587. The largest absolute Gasteiger partial charge is 0.493 e. The van der Waals surface area contributed by atoms with E-state index in [1.54, 1.807) is 14.2 Å². The van der Waals surface area contributed by atoms with Gasteiger partial charge in [-0.3, -0.25) is 4.99 Å². The number of nitrogens with one attached hydrogen (secondary N) is 2. The zero-order chi connectivity index (χ0) is 19.5. The Hall–Kier alpha value is -1.99. The summed E-state index contributed by atoms with van der Waals surface area (Å²) in [6.07, 6.45) is 2.23. The van der Waals surface area contributed by atoms with Crippen molar-refractivity contribution in [1.82, 2.24) is 15.5 Å². The SMILES string of the molecule is CCOc1cc(CNC(=NC)NC2CCN(CCOC)CC2)ccc1OC. The zero-order valence-corrected chi connectivity index (χ0v) is 17.1. The maximum atomic E-state index is 5.65. The number of hydrogen-bond donors (Lipinski definition) is 2. The fraction of sp³-hybridized carbons (Fsp3) is 0.650. The molecule has 2 N–H and O–H groups in total. The number of piperidine rings is 1. The minimum atomic E-state index is 0.449. The number of hydrogen-bond acceptors (Lipinski definition) is 5. The second kappa shape index (κ2) is 11.7. The molecule has 0 saturated carbocycles. The molecule has 1 fully saturated rings. The van der Waals surface area contributed by atoms with Crippen LogP contribution in [0.5, 0.6) is 11.5 Å². The highest BCUT2D eigenvalue weighted by molar-refractivity contribution is 5.80. The third kappa shape index (κ3) is 6.92. The maximum absolute atomic E-state index is 5.65. The second-order valence-corrected chi connectivity index (χ2v) is 6.60. The molecular formula is C20H34N4O3. The number of benzene rings is 1. The first-order valence-electron chi connectivity index (χ1n) is 9.68. The van der Waals surface area contributed by atoms with Gasteiger partial charge in [-0.25, -0.2) is 0 Å². The summed E-state index contributed by atoms with van der Waals surface area (Å²) in [5.41, 5.74) is 1.12. The van der Waals surface area contributed by atoms with Gasteiger partial charge in [-0.15, -0.1) is 0 Å². The number of methoxy groups -OCH3 is 2. The molecule has 7 heteroatoms. The van der Waals surface area contributed by atoms with Crippen molar-refractivity contribution in [2.75, 3.05) is 54.1 Å². The van der Waals surface area contributed by atoms with Crippen LogP contribution in [-0.2, 0) is 11.3 Å². The van der Waals surface area contributed by atoms with E-state index >= 15 is 0 Å². The maximum Gasteiger partial charge on any atom is 0.191 e. The molecule has 0 spiro atoms. The van der Waals surface area contributed by atoms with Crippen LogP contribution >= 0.6 is 0 Å². The van der Waals surface area contributed by atoms with Crippen molar-refractivity contribution < 1.29 is 14.2 Å². The Labute approximate surface area is 163 Å². The Morgan fingerprint density at radius 3 is 2.63 bits per heavy atom. The van der Waals surface area contributed by atoms with E-state index in [0.717, 1.165) is 62.1 Å². The van der Waals surface area contributed by atoms with E-state index in [2.05, 4.69) is 20.5 Å². The smallest absolute Gasteiger partial charge is 0.191 e. The normalized spacial score (nSPS) is 16.2. The Morgan fingerprint density at radius 2 is 2.00 bits per heavy atom. The van der Waals surface area contributed by atoms with Crippen LogP contribution in [0.4, 0.5) is 0 Å². The van der Waals surface area contributed by atoms with Gasteiger partial charge in [0.2, 0.25) is 0 Å². The lowest BCUT2D eigenvalue weighted by Crippen LogP contribution is -2.48. The molecule has 1 aromatic carbocycles. The van der Waals surface area contributed by atoms with E-state index in [4.69, 9.17) is 14.2 Å². The van der Waals surface area contributed by atoms with Crippen LogP contribution in [-0.4, -0.2) is 71.0 Å². The van der Waals surface area contributed by atoms with Gasteiger partial charge in [0.1, 0.15) is 0 Å². The summed E-state index contributed by atoms with van der Waals surface area (Å²) in [5.74, 6) is 2.35. The molecule has 1 aliphatic heterocycles. The molecule has 27 heavy (non-hydrogen) atoms. The van der Waals surface area contributed by atoms with Crippen LogP contribution in [0.2, 0.25) is 0 Å². The van der Waals surface area contributed by atoms with Gasteiger partial charge in [0.25, 0.3) is 0 Å². The van der Waals surface area contributed by atoms with Gasteiger partial charge in [-0.1, -0.05) is 6.07 Å². The van der Waals surface area contributed by atoms with Gasteiger partial charge in [-0.05, 0) is 37.5 Å². The van der Waals surface area contributed by atoms with Crippen molar-refractivity contribution in [3.8, 4) is 11.5 Å². The molecule has 1 aromatic rings. The predicted octanol–water partition coefficient (Wildman–Crippen LogP) is 1.87. The lowest BCUT2D eigenvalue weighted by atomic mass is 10.1. The topological polar surface area (TPSA) is 67.4 Å². The minimum Gasteiger partial charge on any atom is -0.493 e. The molecule has 0 aromatic heterocycles. The van der Waals surface area contributed by atoms with Gasteiger partial charge in [0.15, 0.2) is 17.5 Å². The molecule has 152 valence electrons. The molecule has 0 bridgehead atoms. The van der Waals surface area contributed by atoms with Crippen LogP contribution in [0.3, 0.4) is 0 Å². The molecule has 2 rings (SSSR count). The van der Waals surface area contributed by atoms with Crippen molar-refractivity contribution in [3.63, 3.8) is 0 Å². The first kappa shape index (κ1) is 21.3. The molecule has 7 nitrogen and oxygen atoms in total. The summed E-state index contributed by atoms with van der Waals surface area (Å²) in [6, 6.07) is 6.44. The molecule has 0 aliphatic carbocycles. The van der Waals surface area contributed by atoms with Gasteiger partial charge < -0.3 is 29.7 Å². The van der Waals surface area contributed by atoms with Gasteiger partial charge in [-0.2, -0.15) is 0 Å². The molecule has 0 radical (unpaired) electrons. The molecule has 1 saturated heterocycles. The second-order valence-electron chi connectivity index (χ2n) is 6.60. The number of rotatable bonds is 9. The van der Waals surface area contributed by atoms with Crippen molar-refractivity contribution in [3.05, 3.63) is 23.8 Å². The summed E-state index contributed by atoms with van der Waals surface area (Å²) in [6.45, 7) is 7.25. The lowest BCUT2D eigenvalue weighted by molar-refractivity contribution is 0.128. The minimum absolute atomic E-state index is 0.449. The molecule has 1 heterocycles. The van der Waals surface area contributed by atoms with E-state index in [9.17, 15) is 0 Å². The molecule has 1 aliphatic rings. The lowest BCUT2D eigenvalue weighted by Gasteiger charge is -2.32. The highest BCUT2D eigenvalue weighted by Gasteiger charge is 2.19. The number of ether oxygens (including phenoxy) is 3. The number of guanidine groups is 1. The van der Waals surface area contributed by atoms with E-state index < -0.39 is 0 Å². The average Bonchev–Trinajstić information content (AvgIpc) is 2.71. The highest BCUT2D eigenvalue weighted by Crippen LogP contribution is 2.27. The van der Waals surface area contributed by atoms with Crippen LogP contribution < -0.4 is 20.1 Å². The summed E-state index contributed by atoms with van der Waals surface area (Å²) < 4.78 is 16.2. The van der Waals surface area contributed by atoms with Crippen molar-refractivity contribution in [2.45, 2.75) is 32.4 Å². The van der Waals surface area contributed by atoms with Gasteiger partial charge >= 0.3 is 0 Å². The van der Waals surface area contributed by atoms with Crippen molar-refractivity contribution in [1.29, 1.82) is 0 Å². The summed E-state index contributed by atoms with van der Waals surface area (Å²) in [4.78, 5) is 6.81. The molecule has 0 atom stereocenters. The summed E-state index contributed by atoms with van der Waals surface area (Å²) >= 11 is 0. The summed E-state index contributed by atoms with van der Waals surface area (Å²) in [7, 11) is 5.22. The average molecular weight is 379 g/mol. The molecule has 0 amide bonds. The quantitative estimate of drug-likeness (QED) is 0.505. The van der Waals surface area contributed by atoms with Crippen molar-refractivity contribution in [2.24, 2.45) is 4.99 Å². The van der Waals surface area contributed by atoms with E-state index in [1.807, 2.05) is 32.2 Å². The van der Waals surface area contributed by atoms with Crippen molar-refractivity contribution >= 4 is 5.96 Å². The Morgan fingerprint density at radius 1 is 1.22 bits per heavy atom. The molecular weight excluding hydrogens is 344 g/mol. The third-order valence-corrected chi connectivity index (χ3v) is 4.75. The monoisotopic (exact) mass is 378 g/mol. The van der Waals surface area contributed by atoms with Gasteiger partial charge in [0, 0.05) is 46.4 Å². The highest BCUT2D eigenvalue weighted by atomic mass is 16.5. The first-order chi connectivity index (χ1) is 13.2. The van der Waals surface area contributed by atoms with Crippen LogP contribution in [0, 0.1) is 0 Å². The summed E-state index contributed by atoms with van der Waals surface area (Å²) in [5, 5.41) is 6.93. The van der Waals surface area contributed by atoms with Crippen LogP contribution in [0.15, 0.2) is 23.2 Å². The Kier molecular flexibility index (Phi) is 9.21. The predicted molar refractivity (Wildman–Crippen MR) is 109 cm³/mol. The van der Waals surface area contributed by atoms with E-state index in [-0.39, 0.29) is 0 Å². The number of aliphatic imine (C=N–C) groups is 1. The first-order valence-corrected chi connectivity index (χ1v) is 9.68. The third-order valence-electron chi connectivity index (χ3n) is 4.75. The Balaban J connectivity index is 1.81. The van der Waals surface area contributed by atoms with Crippen LogP contribution in [0.1, 0.15) is 25.3 Å². The van der Waals surface area contributed by atoms with E-state index in [1.165, 1.54) is 0 Å². The fourth-order valence-electron chi connectivity index (χ4n) is 3.19. The van der Waals surface area contributed by atoms with Gasteiger partial charge in [0.05, 0.1) is 20.3 Å². The fourth-order valence-corrected chi connectivity index (χ4v) is 3.19. The number of likely N-dealkylation sites (tertiary alicyclic amines) is 1. The van der Waals surface area contributed by atoms with Crippen LogP contribution in [0.25, 0.3) is 0 Å². The standard InChI is InChI=1S/C20H34N4O3/c1-5-27-19-14-16(6-7-18(19)26-4)15-22-20(21-2)23-17-8-10-24(11-9-17)12-13-25-3/h6-7,14,17H,5,8-13,15H2,1-4H3,(H2,21,22,23). The van der Waals surface area contributed by atoms with E-state index in [0.29, 0.717) is 19.2 Å². The number of nitrogens with zero attached hydrogens (tertiary/aromatic N) is 2.